The van der Waals surface area contributed by atoms with Crippen LogP contribution in [0.2, 0.25) is 0 Å². The van der Waals surface area contributed by atoms with Crippen LogP contribution in [0.3, 0.4) is 0 Å². The Hall–Kier alpha value is -2.30. The molecule has 0 aromatic heterocycles. The summed E-state index contributed by atoms with van der Waals surface area (Å²) >= 11 is 0. The van der Waals surface area contributed by atoms with Gasteiger partial charge in [-0.1, -0.05) is 5.16 Å². The quantitative estimate of drug-likeness (QED) is 0.476. The van der Waals surface area contributed by atoms with Gasteiger partial charge in [-0.15, -0.1) is 0 Å². The van der Waals surface area contributed by atoms with Crippen molar-refractivity contribution in [1.82, 2.24) is 0 Å². The van der Waals surface area contributed by atoms with Crippen LogP contribution in [0, 0.1) is 0 Å². The van der Waals surface area contributed by atoms with E-state index in [0.29, 0.717) is 12.3 Å². The summed E-state index contributed by atoms with van der Waals surface area (Å²) in [6.45, 7) is 3.47. The number of fused-ring (bicyclic) bond motifs is 1. The first kappa shape index (κ1) is 13.1. The molecule has 19 heavy (non-hydrogen) atoms. The van der Waals surface area contributed by atoms with Crippen LogP contribution in [-0.4, -0.2) is 25.4 Å². The van der Waals surface area contributed by atoms with Gasteiger partial charge in [0.25, 0.3) is 0 Å². The molecule has 0 fully saturated rings. The highest BCUT2D eigenvalue weighted by Crippen LogP contribution is 2.30. The molecule has 0 spiro atoms. The maximum Gasteiger partial charge on any atom is 0.331 e. The number of nitrogens with zero attached hydrogens (tertiary/aromatic N) is 1. The van der Waals surface area contributed by atoms with Crippen LogP contribution in [0.1, 0.15) is 19.4 Å². The van der Waals surface area contributed by atoms with Gasteiger partial charge in [0.2, 0.25) is 0 Å². The standard InChI is InChI=1S/C14H15NO4/c1-9(15-19-10(2)16)12-6-11-4-5-13(17-3)7-14(11)18-8-12/h4-7H,8H2,1-3H3/b15-9+. The van der Waals surface area contributed by atoms with Gasteiger partial charge in [0, 0.05) is 24.1 Å². The summed E-state index contributed by atoms with van der Waals surface area (Å²) in [5, 5.41) is 3.75. The molecule has 1 aliphatic rings. The Labute approximate surface area is 111 Å². The number of hydrogen-bond donors (Lipinski definition) is 0. The third-order valence-corrected chi connectivity index (χ3v) is 2.71. The fourth-order valence-corrected chi connectivity index (χ4v) is 1.67. The highest BCUT2D eigenvalue weighted by Gasteiger charge is 2.14. The molecule has 0 saturated heterocycles. The summed E-state index contributed by atoms with van der Waals surface area (Å²) in [7, 11) is 1.61. The van der Waals surface area contributed by atoms with Crippen LogP contribution in [0.25, 0.3) is 6.08 Å². The third kappa shape index (κ3) is 3.13. The van der Waals surface area contributed by atoms with E-state index in [1.165, 1.54) is 6.92 Å². The number of hydrogen-bond acceptors (Lipinski definition) is 5. The molecular weight excluding hydrogens is 246 g/mol. The van der Waals surface area contributed by atoms with Crippen molar-refractivity contribution in [3.05, 3.63) is 29.3 Å². The van der Waals surface area contributed by atoms with E-state index in [2.05, 4.69) is 9.99 Å². The van der Waals surface area contributed by atoms with E-state index in [-0.39, 0.29) is 0 Å². The lowest BCUT2D eigenvalue weighted by Crippen LogP contribution is -2.13. The Balaban J connectivity index is 2.23. The summed E-state index contributed by atoms with van der Waals surface area (Å²) in [6, 6.07) is 5.60. The van der Waals surface area contributed by atoms with E-state index < -0.39 is 5.97 Å². The second-order valence-electron chi connectivity index (χ2n) is 4.12. The van der Waals surface area contributed by atoms with Crippen molar-refractivity contribution in [2.75, 3.05) is 13.7 Å². The molecule has 0 aliphatic carbocycles. The molecule has 0 radical (unpaired) electrons. The summed E-state index contributed by atoms with van der Waals surface area (Å²) < 4.78 is 10.8. The molecule has 100 valence electrons. The number of rotatable bonds is 3. The van der Waals surface area contributed by atoms with Gasteiger partial charge in [0.1, 0.15) is 18.1 Å². The molecule has 1 aromatic carbocycles. The smallest absolute Gasteiger partial charge is 0.331 e. The van der Waals surface area contributed by atoms with Crippen LogP contribution in [0.5, 0.6) is 11.5 Å². The lowest BCUT2D eigenvalue weighted by molar-refractivity contribution is -0.140. The number of oxime groups is 1. The van der Waals surface area contributed by atoms with Gasteiger partial charge < -0.3 is 14.3 Å². The van der Waals surface area contributed by atoms with Crippen molar-refractivity contribution in [2.24, 2.45) is 5.16 Å². The Bertz CT molecular complexity index is 561. The molecular formula is C14H15NO4. The Kier molecular flexibility index (Phi) is 3.85. The van der Waals surface area contributed by atoms with Gasteiger partial charge in [-0.25, -0.2) is 4.79 Å². The highest BCUT2D eigenvalue weighted by atomic mass is 16.7. The Morgan fingerprint density at radius 3 is 2.84 bits per heavy atom. The van der Waals surface area contributed by atoms with Gasteiger partial charge in [0.15, 0.2) is 0 Å². The number of carbonyl (C=O) groups excluding carboxylic acids is 1. The predicted octanol–water partition coefficient (Wildman–Crippen LogP) is 2.41. The van der Waals surface area contributed by atoms with Crippen molar-refractivity contribution in [1.29, 1.82) is 0 Å². The topological polar surface area (TPSA) is 57.1 Å². The van der Waals surface area contributed by atoms with Crippen LogP contribution < -0.4 is 9.47 Å². The zero-order chi connectivity index (χ0) is 13.8. The van der Waals surface area contributed by atoms with Crippen molar-refractivity contribution >= 4 is 17.8 Å². The first-order valence-corrected chi connectivity index (χ1v) is 5.84. The highest BCUT2D eigenvalue weighted by molar-refractivity contribution is 6.03. The average Bonchev–Trinajstić information content (AvgIpc) is 2.43. The van der Waals surface area contributed by atoms with Crippen LogP contribution in [-0.2, 0) is 9.63 Å². The van der Waals surface area contributed by atoms with Gasteiger partial charge in [0.05, 0.1) is 12.8 Å². The number of benzene rings is 1. The zero-order valence-corrected chi connectivity index (χ0v) is 11.1. The van der Waals surface area contributed by atoms with Gasteiger partial charge in [-0.3, -0.25) is 0 Å². The van der Waals surface area contributed by atoms with Gasteiger partial charge >= 0.3 is 5.97 Å². The van der Waals surface area contributed by atoms with Crippen LogP contribution >= 0.6 is 0 Å². The molecule has 0 atom stereocenters. The van der Waals surface area contributed by atoms with E-state index in [9.17, 15) is 4.79 Å². The molecule has 5 nitrogen and oxygen atoms in total. The number of methoxy groups -OCH3 is 1. The van der Waals surface area contributed by atoms with Gasteiger partial charge in [-0.2, -0.15) is 0 Å². The minimum atomic E-state index is -0.443. The van der Waals surface area contributed by atoms with E-state index in [1.807, 2.05) is 24.3 Å². The molecule has 0 bridgehead atoms. The van der Waals surface area contributed by atoms with E-state index >= 15 is 0 Å². The SMILES string of the molecule is COc1ccc2c(c1)OCC(/C(C)=N/OC(C)=O)=C2. The fraction of sp³-hybridized carbons (Fsp3) is 0.286. The van der Waals surface area contributed by atoms with Crippen molar-refractivity contribution in [2.45, 2.75) is 13.8 Å². The largest absolute Gasteiger partial charge is 0.497 e. The van der Waals surface area contributed by atoms with Crippen molar-refractivity contribution in [3.63, 3.8) is 0 Å². The molecule has 1 aliphatic heterocycles. The molecule has 5 heteroatoms. The molecule has 0 N–H and O–H groups in total. The lowest BCUT2D eigenvalue weighted by Gasteiger charge is -2.18. The van der Waals surface area contributed by atoms with Crippen molar-refractivity contribution in [3.8, 4) is 11.5 Å². The Morgan fingerprint density at radius 1 is 1.37 bits per heavy atom. The second kappa shape index (κ2) is 5.56. The molecule has 1 aromatic rings. The van der Waals surface area contributed by atoms with E-state index in [0.717, 1.165) is 22.6 Å². The van der Waals surface area contributed by atoms with E-state index in [4.69, 9.17) is 9.47 Å². The van der Waals surface area contributed by atoms with Crippen LogP contribution in [0.15, 0.2) is 28.9 Å². The molecule has 0 amide bonds. The monoisotopic (exact) mass is 261 g/mol. The minimum absolute atomic E-state index is 0.386. The lowest BCUT2D eigenvalue weighted by atomic mass is 10.0. The van der Waals surface area contributed by atoms with Crippen LogP contribution in [0.4, 0.5) is 0 Å². The van der Waals surface area contributed by atoms with Gasteiger partial charge in [-0.05, 0) is 25.1 Å². The van der Waals surface area contributed by atoms with E-state index in [1.54, 1.807) is 14.0 Å². The molecule has 1 heterocycles. The first-order valence-electron chi connectivity index (χ1n) is 5.84. The molecule has 0 unspecified atom stereocenters. The zero-order valence-electron chi connectivity index (χ0n) is 11.1. The normalized spacial score (nSPS) is 14.1. The maximum absolute atomic E-state index is 10.7. The molecule has 2 rings (SSSR count). The average molecular weight is 261 g/mol. The summed E-state index contributed by atoms with van der Waals surface area (Å²) in [4.78, 5) is 15.3. The minimum Gasteiger partial charge on any atom is -0.497 e. The fourth-order valence-electron chi connectivity index (χ4n) is 1.67. The third-order valence-electron chi connectivity index (χ3n) is 2.71. The number of ether oxygens (including phenoxy) is 2. The summed E-state index contributed by atoms with van der Waals surface area (Å²) in [6.07, 6.45) is 1.96. The predicted molar refractivity (Wildman–Crippen MR) is 71.3 cm³/mol. The Morgan fingerprint density at radius 2 is 2.16 bits per heavy atom. The first-order chi connectivity index (χ1) is 9.10. The summed E-state index contributed by atoms with van der Waals surface area (Å²) in [5.41, 5.74) is 2.44. The maximum atomic E-state index is 10.7. The summed E-state index contributed by atoms with van der Waals surface area (Å²) in [5.74, 6) is 1.08. The van der Waals surface area contributed by atoms with Crippen molar-refractivity contribution < 1.29 is 19.1 Å². The second-order valence-corrected chi connectivity index (χ2v) is 4.12. The molecule has 0 saturated carbocycles. The number of carbonyl (C=O) groups is 1.